The highest BCUT2D eigenvalue weighted by atomic mass is 16.5. The molecule has 6 nitrogen and oxygen atoms in total. The number of phenolic OH excluding ortho intramolecular Hbond substituents is 1. The lowest BCUT2D eigenvalue weighted by Gasteiger charge is -2.19. The van der Waals surface area contributed by atoms with Crippen LogP contribution in [-0.2, 0) is 9.47 Å². The van der Waals surface area contributed by atoms with E-state index in [2.05, 4.69) is 0 Å². The SMILES string of the molecule is COc1ccc([C@@H]2OCC3C2CO[C@@H]3c2ccc(O)cc2OC)cc1OC. The van der Waals surface area contributed by atoms with Crippen molar-refractivity contribution in [1.29, 1.82) is 0 Å². The first kappa shape index (κ1) is 17.9. The van der Waals surface area contributed by atoms with E-state index in [4.69, 9.17) is 23.7 Å². The summed E-state index contributed by atoms with van der Waals surface area (Å²) in [7, 11) is 4.86. The molecule has 0 saturated carbocycles. The fourth-order valence-electron chi connectivity index (χ4n) is 4.18. The highest BCUT2D eigenvalue weighted by Crippen LogP contribution is 2.52. The van der Waals surface area contributed by atoms with Gasteiger partial charge in [-0.25, -0.2) is 0 Å². The topological polar surface area (TPSA) is 66.4 Å². The molecule has 4 rings (SSSR count). The molecule has 144 valence electrons. The number of hydrogen-bond donors (Lipinski definition) is 1. The molecule has 2 unspecified atom stereocenters. The van der Waals surface area contributed by atoms with Gasteiger partial charge >= 0.3 is 0 Å². The number of hydrogen-bond acceptors (Lipinski definition) is 6. The zero-order chi connectivity index (χ0) is 19.0. The van der Waals surface area contributed by atoms with Gasteiger partial charge in [0.2, 0.25) is 0 Å². The lowest BCUT2D eigenvalue weighted by Crippen LogP contribution is -2.15. The molecule has 2 aromatic rings. The molecule has 2 heterocycles. The minimum Gasteiger partial charge on any atom is -0.508 e. The molecule has 0 aromatic heterocycles. The first-order valence-corrected chi connectivity index (χ1v) is 8.98. The molecule has 1 N–H and O–H groups in total. The molecule has 2 fully saturated rings. The molecular formula is C21H24O6. The van der Waals surface area contributed by atoms with Crippen molar-refractivity contribution in [2.24, 2.45) is 11.8 Å². The molecular weight excluding hydrogens is 348 g/mol. The van der Waals surface area contributed by atoms with E-state index in [1.807, 2.05) is 24.3 Å². The Kier molecular flexibility index (Phi) is 4.85. The van der Waals surface area contributed by atoms with E-state index in [0.29, 0.717) is 30.5 Å². The van der Waals surface area contributed by atoms with E-state index in [0.717, 1.165) is 11.1 Å². The fourth-order valence-corrected chi connectivity index (χ4v) is 4.18. The number of ether oxygens (including phenoxy) is 5. The summed E-state index contributed by atoms with van der Waals surface area (Å²) in [4.78, 5) is 0. The van der Waals surface area contributed by atoms with Gasteiger partial charge in [-0.05, 0) is 29.8 Å². The Labute approximate surface area is 158 Å². The summed E-state index contributed by atoms with van der Waals surface area (Å²) in [5, 5.41) is 9.71. The van der Waals surface area contributed by atoms with Crippen molar-refractivity contribution < 1.29 is 28.8 Å². The van der Waals surface area contributed by atoms with Crippen LogP contribution >= 0.6 is 0 Å². The predicted octanol–water partition coefficient (Wildman–Crippen LogP) is 3.49. The van der Waals surface area contributed by atoms with Gasteiger partial charge in [-0.2, -0.15) is 0 Å². The maximum atomic E-state index is 9.71. The van der Waals surface area contributed by atoms with E-state index >= 15 is 0 Å². The molecule has 2 aliphatic rings. The van der Waals surface area contributed by atoms with Crippen LogP contribution in [0, 0.1) is 11.8 Å². The Morgan fingerprint density at radius 3 is 2.15 bits per heavy atom. The minimum atomic E-state index is -0.115. The summed E-state index contributed by atoms with van der Waals surface area (Å²) >= 11 is 0. The van der Waals surface area contributed by atoms with Gasteiger partial charge in [0.1, 0.15) is 11.5 Å². The van der Waals surface area contributed by atoms with Crippen LogP contribution in [0.5, 0.6) is 23.0 Å². The number of phenols is 1. The van der Waals surface area contributed by atoms with Crippen LogP contribution in [0.4, 0.5) is 0 Å². The second-order valence-corrected chi connectivity index (χ2v) is 6.88. The van der Waals surface area contributed by atoms with Gasteiger partial charge in [-0.1, -0.05) is 6.07 Å². The van der Waals surface area contributed by atoms with Crippen molar-refractivity contribution >= 4 is 0 Å². The second-order valence-electron chi connectivity index (χ2n) is 6.88. The zero-order valence-electron chi connectivity index (χ0n) is 15.7. The van der Waals surface area contributed by atoms with E-state index in [9.17, 15) is 5.11 Å². The molecule has 0 radical (unpaired) electrons. The fraction of sp³-hybridized carbons (Fsp3) is 0.429. The van der Waals surface area contributed by atoms with Crippen LogP contribution in [-0.4, -0.2) is 39.6 Å². The van der Waals surface area contributed by atoms with Crippen molar-refractivity contribution in [3.63, 3.8) is 0 Å². The quantitative estimate of drug-likeness (QED) is 0.867. The Hall–Kier alpha value is -2.44. The third-order valence-electron chi connectivity index (χ3n) is 5.52. The number of rotatable bonds is 5. The van der Waals surface area contributed by atoms with Crippen LogP contribution in [0.25, 0.3) is 0 Å². The van der Waals surface area contributed by atoms with Crippen molar-refractivity contribution in [3.05, 3.63) is 47.5 Å². The summed E-state index contributed by atoms with van der Waals surface area (Å²) < 4.78 is 28.5. The van der Waals surface area contributed by atoms with E-state index in [-0.39, 0.29) is 29.8 Å². The minimum absolute atomic E-state index is 0.0529. The Morgan fingerprint density at radius 2 is 1.44 bits per heavy atom. The van der Waals surface area contributed by atoms with Crippen LogP contribution in [0.1, 0.15) is 23.3 Å². The van der Waals surface area contributed by atoms with Crippen molar-refractivity contribution in [1.82, 2.24) is 0 Å². The van der Waals surface area contributed by atoms with Gasteiger partial charge < -0.3 is 28.8 Å². The lowest BCUT2D eigenvalue weighted by molar-refractivity contribution is 0.0185. The molecule has 4 atom stereocenters. The van der Waals surface area contributed by atoms with Gasteiger partial charge in [0.05, 0.1) is 46.8 Å². The van der Waals surface area contributed by atoms with Crippen molar-refractivity contribution in [3.8, 4) is 23.0 Å². The van der Waals surface area contributed by atoms with E-state index in [1.165, 1.54) is 0 Å². The third kappa shape index (κ3) is 3.09. The van der Waals surface area contributed by atoms with Crippen LogP contribution < -0.4 is 14.2 Å². The molecule has 0 aliphatic carbocycles. The maximum absolute atomic E-state index is 9.71. The summed E-state index contributed by atoms with van der Waals surface area (Å²) in [6, 6.07) is 11.0. The summed E-state index contributed by atoms with van der Waals surface area (Å²) in [5.41, 5.74) is 2.00. The smallest absolute Gasteiger partial charge is 0.161 e. The Balaban J connectivity index is 1.59. The average molecular weight is 372 g/mol. The Bertz CT molecular complexity index is 820. The molecule has 2 saturated heterocycles. The molecule has 0 bridgehead atoms. The zero-order valence-corrected chi connectivity index (χ0v) is 15.7. The van der Waals surface area contributed by atoms with E-state index in [1.54, 1.807) is 33.5 Å². The second kappa shape index (κ2) is 7.29. The largest absolute Gasteiger partial charge is 0.508 e. The number of benzene rings is 2. The summed E-state index contributed by atoms with van der Waals surface area (Å²) in [5.74, 6) is 2.67. The molecule has 2 aliphatic heterocycles. The summed E-state index contributed by atoms with van der Waals surface area (Å²) in [6.45, 7) is 1.22. The normalized spacial score (nSPS) is 26.6. The van der Waals surface area contributed by atoms with Crippen LogP contribution in [0.3, 0.4) is 0 Å². The van der Waals surface area contributed by atoms with Crippen LogP contribution in [0.15, 0.2) is 36.4 Å². The highest BCUT2D eigenvalue weighted by molar-refractivity contribution is 5.45. The summed E-state index contributed by atoms with van der Waals surface area (Å²) in [6.07, 6.45) is -0.168. The molecule has 27 heavy (non-hydrogen) atoms. The Morgan fingerprint density at radius 1 is 0.778 bits per heavy atom. The third-order valence-corrected chi connectivity index (χ3v) is 5.52. The first-order chi connectivity index (χ1) is 13.2. The molecule has 6 heteroatoms. The number of methoxy groups -OCH3 is 3. The number of aromatic hydroxyl groups is 1. The standard InChI is InChI=1S/C21H24O6/c1-23-17-7-4-12(8-19(17)25-3)20-15-10-27-21(16(15)11-26-20)14-6-5-13(22)9-18(14)24-2/h4-9,15-16,20-22H,10-11H2,1-3H3/t15?,16?,20-,21+/m0/s1. The van der Waals surface area contributed by atoms with Gasteiger partial charge in [-0.15, -0.1) is 0 Å². The highest BCUT2D eigenvalue weighted by Gasteiger charge is 2.48. The predicted molar refractivity (Wildman–Crippen MR) is 98.6 cm³/mol. The van der Waals surface area contributed by atoms with Crippen molar-refractivity contribution in [2.75, 3.05) is 34.5 Å². The monoisotopic (exact) mass is 372 g/mol. The van der Waals surface area contributed by atoms with Crippen LogP contribution in [0.2, 0.25) is 0 Å². The molecule has 0 amide bonds. The lowest BCUT2D eigenvalue weighted by atomic mass is 9.84. The van der Waals surface area contributed by atoms with E-state index < -0.39 is 0 Å². The van der Waals surface area contributed by atoms with Gasteiger partial charge in [0.15, 0.2) is 11.5 Å². The van der Waals surface area contributed by atoms with Gasteiger partial charge in [0.25, 0.3) is 0 Å². The average Bonchev–Trinajstić information content (AvgIpc) is 3.29. The maximum Gasteiger partial charge on any atom is 0.161 e. The van der Waals surface area contributed by atoms with Crippen molar-refractivity contribution in [2.45, 2.75) is 12.2 Å². The van der Waals surface area contributed by atoms with Gasteiger partial charge in [0, 0.05) is 23.5 Å². The molecule has 2 aromatic carbocycles. The van der Waals surface area contributed by atoms with Gasteiger partial charge in [-0.3, -0.25) is 0 Å². The first-order valence-electron chi connectivity index (χ1n) is 8.98. The number of fused-ring (bicyclic) bond motifs is 1. The molecule has 0 spiro atoms.